The summed E-state index contributed by atoms with van der Waals surface area (Å²) in [5, 5.41) is 0. The summed E-state index contributed by atoms with van der Waals surface area (Å²) in [6, 6.07) is 3.67. The number of methoxy groups -OCH3 is 1. The predicted octanol–water partition coefficient (Wildman–Crippen LogP) is 4.39. The average Bonchev–Trinajstić information content (AvgIpc) is 3.09. The van der Waals surface area contributed by atoms with Crippen LogP contribution >= 0.6 is 0 Å². The Bertz CT molecular complexity index is 471. The molecule has 0 N–H and O–H groups in total. The van der Waals surface area contributed by atoms with Crippen molar-refractivity contribution >= 4 is 0 Å². The van der Waals surface area contributed by atoms with Gasteiger partial charge in [0.05, 0.1) is 24.9 Å². The van der Waals surface area contributed by atoms with Crippen LogP contribution in [0.5, 0.6) is 5.75 Å². The zero-order valence-electron chi connectivity index (χ0n) is 11.8. The summed E-state index contributed by atoms with van der Waals surface area (Å²) in [6.07, 6.45) is -2.48. The summed E-state index contributed by atoms with van der Waals surface area (Å²) in [5.74, 6) is 0.528. The van der Waals surface area contributed by atoms with E-state index in [9.17, 15) is 13.2 Å². The third-order valence-electron chi connectivity index (χ3n) is 3.84. The molecule has 5 heteroatoms. The van der Waals surface area contributed by atoms with Gasteiger partial charge >= 0.3 is 6.18 Å². The summed E-state index contributed by atoms with van der Waals surface area (Å²) in [5.41, 5.74) is -0.0101. The van der Waals surface area contributed by atoms with Gasteiger partial charge in [-0.25, -0.2) is 0 Å². The molecule has 0 spiro atoms. The van der Waals surface area contributed by atoms with Crippen LogP contribution in [0.1, 0.15) is 43.7 Å². The molecule has 0 bridgehead atoms. The van der Waals surface area contributed by atoms with E-state index in [4.69, 9.17) is 9.47 Å². The molecule has 2 rings (SSSR count). The molecule has 1 saturated heterocycles. The summed E-state index contributed by atoms with van der Waals surface area (Å²) in [7, 11) is 1.48. The predicted molar refractivity (Wildman–Crippen MR) is 70.0 cm³/mol. The molecule has 112 valence electrons. The fourth-order valence-electron chi connectivity index (χ4n) is 2.50. The van der Waals surface area contributed by atoms with Gasteiger partial charge in [-0.1, -0.05) is 6.92 Å². The van der Waals surface area contributed by atoms with E-state index in [2.05, 4.69) is 0 Å². The van der Waals surface area contributed by atoms with Gasteiger partial charge in [0.1, 0.15) is 5.75 Å². The number of rotatable bonds is 5. The molecule has 0 radical (unpaired) electrons. The van der Waals surface area contributed by atoms with Crippen LogP contribution in [0.15, 0.2) is 18.2 Å². The van der Waals surface area contributed by atoms with Crippen molar-refractivity contribution in [2.75, 3.05) is 7.11 Å². The molecule has 0 aromatic heterocycles. The van der Waals surface area contributed by atoms with Gasteiger partial charge in [0.15, 0.2) is 0 Å². The molecule has 1 aliphatic rings. The molecule has 1 fully saturated rings. The lowest BCUT2D eigenvalue weighted by Gasteiger charge is -2.19. The van der Waals surface area contributed by atoms with Gasteiger partial charge in [-0.3, -0.25) is 0 Å². The summed E-state index contributed by atoms with van der Waals surface area (Å²) in [6.45, 7) is 3.94. The van der Waals surface area contributed by atoms with Crippen molar-refractivity contribution in [2.45, 2.75) is 51.0 Å². The zero-order valence-corrected chi connectivity index (χ0v) is 11.8. The maximum atomic E-state index is 12.8. The smallest absolute Gasteiger partial charge is 0.416 e. The maximum Gasteiger partial charge on any atom is 0.416 e. The van der Waals surface area contributed by atoms with Crippen LogP contribution < -0.4 is 4.74 Å². The molecule has 1 aromatic carbocycles. The zero-order chi connectivity index (χ0) is 14.9. The number of ether oxygens (including phenoxy) is 2. The van der Waals surface area contributed by atoms with Gasteiger partial charge in [0.2, 0.25) is 0 Å². The van der Waals surface area contributed by atoms with E-state index < -0.39 is 11.7 Å². The summed E-state index contributed by atoms with van der Waals surface area (Å²) >= 11 is 0. The van der Waals surface area contributed by atoms with Gasteiger partial charge < -0.3 is 9.47 Å². The van der Waals surface area contributed by atoms with E-state index >= 15 is 0 Å². The fraction of sp³-hybridized carbons (Fsp3) is 0.600. The second-order valence-electron chi connectivity index (χ2n) is 5.18. The topological polar surface area (TPSA) is 21.8 Å². The minimum Gasteiger partial charge on any atom is -0.496 e. The second-order valence-corrected chi connectivity index (χ2v) is 5.18. The van der Waals surface area contributed by atoms with Gasteiger partial charge in [0.25, 0.3) is 0 Å². The highest BCUT2D eigenvalue weighted by Crippen LogP contribution is 2.40. The Morgan fingerprint density at radius 3 is 2.45 bits per heavy atom. The number of epoxide rings is 1. The van der Waals surface area contributed by atoms with E-state index in [1.165, 1.54) is 19.2 Å². The first-order valence-electron chi connectivity index (χ1n) is 6.77. The van der Waals surface area contributed by atoms with E-state index in [-0.39, 0.29) is 18.1 Å². The minimum absolute atomic E-state index is 0.0159. The van der Waals surface area contributed by atoms with E-state index in [0.717, 1.165) is 18.9 Å². The standard InChI is InChI=1S/C15H19F3O2/c1-4-10(7-14-9(2)20-14)12-8-11(15(16,17)18)5-6-13(12)19-3/h5-6,8-10,14H,4,7H2,1-3H3. The van der Waals surface area contributed by atoms with Crippen LogP contribution in [0.25, 0.3) is 0 Å². The molecule has 0 saturated carbocycles. The quantitative estimate of drug-likeness (QED) is 0.750. The first kappa shape index (κ1) is 15.2. The maximum absolute atomic E-state index is 12.8. The third kappa shape index (κ3) is 3.26. The second kappa shape index (κ2) is 5.64. The van der Waals surface area contributed by atoms with Crippen molar-refractivity contribution in [1.82, 2.24) is 0 Å². The lowest BCUT2D eigenvalue weighted by Crippen LogP contribution is -2.10. The number of hydrogen-bond donors (Lipinski definition) is 0. The summed E-state index contributed by atoms with van der Waals surface area (Å²) in [4.78, 5) is 0. The Morgan fingerprint density at radius 1 is 1.35 bits per heavy atom. The van der Waals surface area contributed by atoms with Crippen LogP contribution in [-0.4, -0.2) is 19.3 Å². The van der Waals surface area contributed by atoms with Crippen molar-refractivity contribution in [2.24, 2.45) is 0 Å². The fourth-order valence-corrected chi connectivity index (χ4v) is 2.50. The van der Waals surface area contributed by atoms with Crippen LogP contribution in [0.3, 0.4) is 0 Å². The van der Waals surface area contributed by atoms with Gasteiger partial charge in [-0.2, -0.15) is 13.2 Å². The molecule has 0 aliphatic carbocycles. The van der Waals surface area contributed by atoms with Crippen LogP contribution in [-0.2, 0) is 10.9 Å². The first-order chi connectivity index (χ1) is 9.36. The molecule has 20 heavy (non-hydrogen) atoms. The van der Waals surface area contributed by atoms with Crippen molar-refractivity contribution in [3.05, 3.63) is 29.3 Å². The molecular formula is C15H19F3O2. The molecular weight excluding hydrogens is 269 g/mol. The van der Waals surface area contributed by atoms with Crippen LogP contribution in [0, 0.1) is 0 Å². The van der Waals surface area contributed by atoms with Gasteiger partial charge in [-0.15, -0.1) is 0 Å². The van der Waals surface area contributed by atoms with E-state index in [1.54, 1.807) is 0 Å². The monoisotopic (exact) mass is 288 g/mol. The Balaban J connectivity index is 2.30. The molecule has 3 unspecified atom stereocenters. The van der Waals surface area contributed by atoms with Crippen molar-refractivity contribution in [3.8, 4) is 5.75 Å². The molecule has 1 aliphatic heterocycles. The highest BCUT2D eigenvalue weighted by Gasteiger charge is 2.37. The normalized spacial score (nSPS) is 23.5. The van der Waals surface area contributed by atoms with Crippen LogP contribution in [0.2, 0.25) is 0 Å². The Labute approximate surface area is 116 Å². The Morgan fingerprint density at radius 2 is 2.00 bits per heavy atom. The summed E-state index contributed by atoms with van der Waals surface area (Å²) < 4.78 is 49.1. The molecule has 3 atom stereocenters. The Hall–Kier alpha value is -1.23. The van der Waals surface area contributed by atoms with E-state index in [1.807, 2.05) is 13.8 Å². The highest BCUT2D eigenvalue weighted by molar-refractivity contribution is 5.41. The number of alkyl halides is 3. The molecule has 2 nitrogen and oxygen atoms in total. The molecule has 0 amide bonds. The number of halogens is 3. The van der Waals surface area contributed by atoms with Crippen LogP contribution in [0.4, 0.5) is 13.2 Å². The largest absolute Gasteiger partial charge is 0.496 e. The minimum atomic E-state index is -4.33. The number of benzene rings is 1. The van der Waals surface area contributed by atoms with Crippen molar-refractivity contribution in [3.63, 3.8) is 0 Å². The van der Waals surface area contributed by atoms with Crippen molar-refractivity contribution in [1.29, 1.82) is 0 Å². The number of hydrogen-bond acceptors (Lipinski definition) is 2. The lowest BCUT2D eigenvalue weighted by atomic mass is 9.89. The van der Waals surface area contributed by atoms with Gasteiger partial charge in [0, 0.05) is 0 Å². The lowest BCUT2D eigenvalue weighted by molar-refractivity contribution is -0.137. The molecule has 1 heterocycles. The highest BCUT2D eigenvalue weighted by atomic mass is 19.4. The Kier molecular flexibility index (Phi) is 4.28. The third-order valence-corrected chi connectivity index (χ3v) is 3.84. The van der Waals surface area contributed by atoms with Gasteiger partial charge in [-0.05, 0) is 49.4 Å². The SMILES string of the molecule is CCC(CC1OC1C)c1cc(C(F)(F)F)ccc1OC. The molecule has 1 aromatic rings. The van der Waals surface area contributed by atoms with E-state index in [0.29, 0.717) is 11.3 Å². The first-order valence-corrected chi connectivity index (χ1v) is 6.77. The van der Waals surface area contributed by atoms with Crippen molar-refractivity contribution < 1.29 is 22.6 Å². The average molecular weight is 288 g/mol.